The molecule has 294 valence electrons. The summed E-state index contributed by atoms with van der Waals surface area (Å²) in [7, 11) is 0. The molecule has 0 fully saturated rings. The number of nitrogens with zero attached hydrogens (tertiary/aromatic N) is 4. The molecule has 0 bridgehead atoms. The van der Waals surface area contributed by atoms with Crippen LogP contribution in [-0.4, -0.2) is 0 Å². The van der Waals surface area contributed by atoms with Crippen LogP contribution in [0.15, 0.2) is 182 Å². The second-order valence-electron chi connectivity index (χ2n) is 14.9. The molecule has 0 saturated heterocycles. The molecule has 62 heavy (non-hydrogen) atoms. The molecule has 0 aliphatic heterocycles. The van der Waals surface area contributed by atoms with E-state index in [9.17, 15) is 10.5 Å². The summed E-state index contributed by atoms with van der Waals surface area (Å²) in [5.74, 6) is -2.55. The van der Waals surface area contributed by atoms with Gasteiger partial charge in [0, 0.05) is 45.4 Å². The lowest BCUT2D eigenvalue weighted by atomic mass is 9.91. The summed E-state index contributed by atoms with van der Waals surface area (Å²) in [6, 6.07) is 55.2. The number of anilines is 6. The molecule has 4 nitrogen and oxygen atoms in total. The topological polar surface area (TPSA) is 54.1 Å². The van der Waals surface area contributed by atoms with Crippen LogP contribution in [-0.2, 0) is 0 Å². The third kappa shape index (κ3) is 6.39. The Balaban J connectivity index is 1.20. The fraction of sp³-hybridized carbons (Fsp3) is 0. The zero-order valence-corrected chi connectivity index (χ0v) is 32.6. The number of nitriles is 2. The van der Waals surface area contributed by atoms with Crippen LogP contribution < -0.4 is 9.80 Å². The summed E-state index contributed by atoms with van der Waals surface area (Å²) >= 11 is 0. The Morgan fingerprint density at radius 2 is 0.726 bits per heavy atom. The van der Waals surface area contributed by atoms with Crippen molar-refractivity contribution in [3.05, 3.63) is 216 Å². The van der Waals surface area contributed by atoms with E-state index in [1.165, 1.54) is 24.3 Å². The third-order valence-electron chi connectivity index (χ3n) is 11.3. The number of hydrogen-bond acceptors (Lipinski definition) is 4. The van der Waals surface area contributed by atoms with Gasteiger partial charge in [0.2, 0.25) is 0 Å². The van der Waals surface area contributed by atoms with E-state index >= 15 is 17.6 Å². The molecule has 0 aliphatic carbocycles. The van der Waals surface area contributed by atoms with E-state index in [0.717, 1.165) is 21.5 Å². The minimum atomic E-state index is -0.659. The van der Waals surface area contributed by atoms with E-state index in [0.29, 0.717) is 55.8 Å². The number of halogens is 4. The molecule has 0 radical (unpaired) electrons. The molecule has 0 heterocycles. The molecule has 10 rings (SSSR count). The van der Waals surface area contributed by atoms with Crippen LogP contribution in [0, 0.1) is 45.9 Å². The van der Waals surface area contributed by atoms with Crippen molar-refractivity contribution in [2.45, 2.75) is 0 Å². The maximum atomic E-state index is 16.6. The van der Waals surface area contributed by atoms with Crippen LogP contribution in [0.25, 0.3) is 54.6 Å². The Morgan fingerprint density at radius 1 is 0.355 bits per heavy atom. The van der Waals surface area contributed by atoms with Gasteiger partial charge >= 0.3 is 0 Å². The van der Waals surface area contributed by atoms with Gasteiger partial charge in [0.25, 0.3) is 0 Å². The van der Waals surface area contributed by atoms with Gasteiger partial charge in [-0.2, -0.15) is 10.5 Å². The maximum absolute atomic E-state index is 16.6. The minimum absolute atomic E-state index is 0.0361. The van der Waals surface area contributed by atoms with Gasteiger partial charge in [-0.15, -0.1) is 0 Å². The van der Waals surface area contributed by atoms with E-state index < -0.39 is 23.3 Å². The third-order valence-corrected chi connectivity index (χ3v) is 11.3. The Morgan fingerprint density at radius 3 is 1.10 bits per heavy atom. The molecule has 0 spiro atoms. The Hall–Kier alpha value is -8.46. The lowest BCUT2D eigenvalue weighted by Crippen LogP contribution is -2.14. The predicted molar refractivity (Wildman–Crippen MR) is 240 cm³/mol. The first-order valence-corrected chi connectivity index (χ1v) is 19.7. The van der Waals surface area contributed by atoms with Crippen LogP contribution in [0.2, 0.25) is 0 Å². The van der Waals surface area contributed by atoms with Crippen molar-refractivity contribution in [3.8, 4) is 34.4 Å². The first kappa shape index (κ1) is 37.8. The van der Waals surface area contributed by atoms with Crippen molar-refractivity contribution >= 4 is 66.4 Å². The van der Waals surface area contributed by atoms with E-state index in [-0.39, 0.29) is 22.5 Å². The van der Waals surface area contributed by atoms with E-state index in [1.54, 1.807) is 107 Å². The van der Waals surface area contributed by atoms with Gasteiger partial charge in [0.05, 0.1) is 46.0 Å². The van der Waals surface area contributed by atoms with E-state index in [4.69, 9.17) is 0 Å². The van der Waals surface area contributed by atoms with E-state index in [2.05, 4.69) is 12.1 Å². The lowest BCUT2D eigenvalue weighted by molar-refractivity contribution is 0.604. The first-order chi connectivity index (χ1) is 30.3. The zero-order chi connectivity index (χ0) is 42.5. The normalized spacial score (nSPS) is 11.2. The standard InChI is InChI=1S/C54H30F4N4/c55-45-29-51(47(57)27-43(45)35-7-3-1-4-8-35)61(39-19-11-33(31-59)12-20-39)49-25-17-37-16-24-42-50(26-18-38-15-23-41(49)53(37)54(38)42)62(40-21-13-34(32-60)14-22-40)52-30-46(56)44(28-48(52)58)36-9-5-2-6-10-36/h1-30H. The molecular formula is C54H30F4N4. The molecule has 0 amide bonds. The highest BCUT2D eigenvalue weighted by molar-refractivity contribution is 6.28. The van der Waals surface area contributed by atoms with Crippen molar-refractivity contribution in [2.75, 3.05) is 9.80 Å². The van der Waals surface area contributed by atoms with Crippen molar-refractivity contribution in [2.24, 2.45) is 0 Å². The zero-order valence-electron chi connectivity index (χ0n) is 32.6. The second-order valence-corrected chi connectivity index (χ2v) is 14.9. The van der Waals surface area contributed by atoms with Crippen LogP contribution in [0.4, 0.5) is 51.7 Å². The lowest BCUT2D eigenvalue weighted by Gasteiger charge is -2.30. The van der Waals surface area contributed by atoms with Crippen molar-refractivity contribution < 1.29 is 17.6 Å². The van der Waals surface area contributed by atoms with Crippen molar-refractivity contribution in [1.29, 1.82) is 10.5 Å². The predicted octanol–water partition coefficient (Wildman–Crippen LogP) is 15.2. The molecular weight excluding hydrogens is 781 g/mol. The smallest absolute Gasteiger partial charge is 0.148 e. The van der Waals surface area contributed by atoms with Crippen molar-refractivity contribution in [1.82, 2.24) is 0 Å². The van der Waals surface area contributed by atoms with Crippen LogP contribution in [0.3, 0.4) is 0 Å². The molecule has 0 aliphatic rings. The first-order valence-electron chi connectivity index (χ1n) is 19.7. The Bertz CT molecular complexity index is 3180. The van der Waals surface area contributed by atoms with Gasteiger partial charge in [-0.25, -0.2) is 17.6 Å². The van der Waals surface area contributed by atoms with Gasteiger partial charge in [-0.1, -0.05) is 97.1 Å². The average Bonchev–Trinajstić information content (AvgIpc) is 3.32. The van der Waals surface area contributed by atoms with Gasteiger partial charge < -0.3 is 9.80 Å². The summed E-state index contributed by atoms with van der Waals surface area (Å²) in [6.45, 7) is 0. The molecule has 10 aromatic rings. The van der Waals surface area contributed by atoms with Crippen molar-refractivity contribution in [3.63, 3.8) is 0 Å². The summed E-state index contributed by atoms with van der Waals surface area (Å²) in [6.07, 6.45) is 0. The number of benzene rings is 10. The average molecular weight is 811 g/mol. The van der Waals surface area contributed by atoms with Gasteiger partial charge in [0.1, 0.15) is 23.3 Å². The monoisotopic (exact) mass is 810 g/mol. The Kier molecular flexibility index (Phi) is 9.32. The largest absolute Gasteiger partial charge is 0.307 e. The molecule has 0 atom stereocenters. The summed E-state index contributed by atoms with van der Waals surface area (Å²) in [5.41, 5.74) is 4.11. The fourth-order valence-electron chi connectivity index (χ4n) is 8.44. The summed E-state index contributed by atoms with van der Waals surface area (Å²) in [4.78, 5) is 3.30. The summed E-state index contributed by atoms with van der Waals surface area (Å²) in [5, 5.41) is 24.0. The van der Waals surface area contributed by atoms with E-state index in [1.807, 2.05) is 60.7 Å². The highest BCUT2D eigenvalue weighted by Gasteiger charge is 2.26. The summed E-state index contributed by atoms with van der Waals surface area (Å²) < 4.78 is 65.6. The molecule has 10 aromatic carbocycles. The molecule has 0 unspecified atom stereocenters. The molecule has 0 N–H and O–H groups in total. The SMILES string of the molecule is N#Cc1ccc(N(c2cc(F)c(-c3ccccc3)cc2F)c2ccc3ccc4c(N(c5ccc(C#N)cc5)c5cc(F)c(-c6ccccc6)cc5F)ccc5ccc2c3c54)cc1. The quantitative estimate of drug-likeness (QED) is 0.113. The van der Waals surface area contributed by atoms with Gasteiger partial charge in [-0.3, -0.25) is 0 Å². The van der Waals surface area contributed by atoms with Gasteiger partial charge in [-0.05, 0) is 105 Å². The maximum Gasteiger partial charge on any atom is 0.148 e. The molecule has 0 saturated carbocycles. The molecule has 0 aromatic heterocycles. The molecule has 8 heteroatoms. The minimum Gasteiger partial charge on any atom is -0.307 e. The number of rotatable bonds is 8. The van der Waals surface area contributed by atoms with Crippen LogP contribution >= 0.6 is 0 Å². The fourth-order valence-corrected chi connectivity index (χ4v) is 8.44. The highest BCUT2D eigenvalue weighted by Crippen LogP contribution is 2.49. The van der Waals surface area contributed by atoms with Gasteiger partial charge in [0.15, 0.2) is 0 Å². The van der Waals surface area contributed by atoms with Crippen LogP contribution in [0.5, 0.6) is 0 Å². The second kappa shape index (κ2) is 15.3. The number of hydrogen-bond donors (Lipinski definition) is 0. The van der Waals surface area contributed by atoms with Crippen LogP contribution in [0.1, 0.15) is 11.1 Å². The Labute approximate surface area is 353 Å². The highest BCUT2D eigenvalue weighted by atomic mass is 19.1.